The van der Waals surface area contributed by atoms with Gasteiger partial charge in [-0.15, -0.1) is 0 Å². The number of hydrogen-bond acceptors (Lipinski definition) is 4. The summed E-state index contributed by atoms with van der Waals surface area (Å²) in [4.78, 5) is 23.6. The van der Waals surface area contributed by atoms with Gasteiger partial charge in [-0.25, -0.2) is 4.79 Å². The Balaban J connectivity index is 2.53. The maximum Gasteiger partial charge on any atom is 0.349 e. The van der Waals surface area contributed by atoms with Crippen LogP contribution in [-0.2, 0) is 0 Å². The third kappa shape index (κ3) is 2.76. The average Bonchev–Trinajstić information content (AvgIpc) is 2.36. The normalized spacial score (nSPS) is 10.7. The summed E-state index contributed by atoms with van der Waals surface area (Å²) in [6, 6.07) is 6.51. The zero-order valence-corrected chi connectivity index (χ0v) is 11.0. The molecule has 2 rings (SSSR count). The second kappa shape index (κ2) is 5.14. The molecule has 1 heterocycles. The molecule has 100 valence electrons. The van der Waals surface area contributed by atoms with Crippen LogP contribution >= 0.6 is 0 Å². The Morgan fingerprint density at radius 2 is 2.05 bits per heavy atom. The Morgan fingerprint density at radius 1 is 1.32 bits per heavy atom. The van der Waals surface area contributed by atoms with Crippen LogP contribution in [0.3, 0.4) is 0 Å². The van der Waals surface area contributed by atoms with Crippen LogP contribution in [0.25, 0.3) is 11.0 Å². The third-order valence-corrected chi connectivity index (χ3v) is 2.60. The molecule has 0 saturated carbocycles. The van der Waals surface area contributed by atoms with Crippen LogP contribution < -0.4 is 15.7 Å². The molecule has 19 heavy (non-hydrogen) atoms. The standard InChI is InChI=1S/C14H15NO4/c1-8(2)15-13(16)11-7-9-6-10(18-3)4-5-12(9)19-14(11)17/h4-8H,1-3H3,(H,15,16). The Morgan fingerprint density at radius 3 is 2.68 bits per heavy atom. The monoisotopic (exact) mass is 261 g/mol. The Kier molecular flexibility index (Phi) is 3.55. The molecule has 0 saturated heterocycles. The highest BCUT2D eigenvalue weighted by atomic mass is 16.5. The van der Waals surface area contributed by atoms with E-state index >= 15 is 0 Å². The van der Waals surface area contributed by atoms with Gasteiger partial charge in [-0.05, 0) is 38.1 Å². The minimum Gasteiger partial charge on any atom is -0.497 e. The second-order valence-electron chi connectivity index (χ2n) is 4.48. The number of hydrogen-bond donors (Lipinski definition) is 1. The number of benzene rings is 1. The fourth-order valence-corrected chi connectivity index (χ4v) is 1.73. The maximum absolute atomic E-state index is 11.9. The van der Waals surface area contributed by atoms with E-state index in [1.165, 1.54) is 6.07 Å². The van der Waals surface area contributed by atoms with E-state index in [0.717, 1.165) is 0 Å². The minimum atomic E-state index is -0.643. The van der Waals surface area contributed by atoms with Gasteiger partial charge in [0.1, 0.15) is 16.9 Å². The molecule has 0 radical (unpaired) electrons. The van der Waals surface area contributed by atoms with Crippen LogP contribution in [0.2, 0.25) is 0 Å². The summed E-state index contributed by atoms with van der Waals surface area (Å²) in [5.41, 5.74) is -0.225. The van der Waals surface area contributed by atoms with Gasteiger partial charge in [0.25, 0.3) is 5.91 Å². The van der Waals surface area contributed by atoms with E-state index in [1.807, 2.05) is 13.8 Å². The summed E-state index contributed by atoms with van der Waals surface area (Å²) in [5, 5.41) is 3.31. The lowest BCUT2D eigenvalue weighted by Crippen LogP contribution is -2.33. The molecule has 1 aromatic carbocycles. The van der Waals surface area contributed by atoms with Gasteiger partial charge in [-0.1, -0.05) is 0 Å². The minimum absolute atomic E-state index is 0.00514. The summed E-state index contributed by atoms with van der Waals surface area (Å²) in [7, 11) is 1.55. The van der Waals surface area contributed by atoms with Gasteiger partial charge in [0, 0.05) is 11.4 Å². The van der Waals surface area contributed by atoms with E-state index < -0.39 is 11.5 Å². The summed E-state index contributed by atoms with van der Waals surface area (Å²) in [5.74, 6) is 0.199. The van der Waals surface area contributed by atoms with Gasteiger partial charge in [0.15, 0.2) is 0 Å². The van der Waals surface area contributed by atoms with Crippen molar-refractivity contribution in [2.45, 2.75) is 19.9 Å². The number of rotatable bonds is 3. The summed E-state index contributed by atoms with van der Waals surface area (Å²) < 4.78 is 10.2. The van der Waals surface area contributed by atoms with Crippen molar-refractivity contribution in [3.63, 3.8) is 0 Å². The van der Waals surface area contributed by atoms with Crippen LogP contribution in [0.1, 0.15) is 24.2 Å². The van der Waals surface area contributed by atoms with Crippen molar-refractivity contribution >= 4 is 16.9 Å². The topological polar surface area (TPSA) is 68.5 Å². The Hall–Kier alpha value is -2.30. The first-order valence-electron chi connectivity index (χ1n) is 5.94. The number of carbonyl (C=O) groups excluding carboxylic acids is 1. The van der Waals surface area contributed by atoms with Gasteiger partial charge in [-0.2, -0.15) is 0 Å². The number of nitrogens with one attached hydrogen (secondary N) is 1. The average molecular weight is 261 g/mol. The second-order valence-corrected chi connectivity index (χ2v) is 4.48. The lowest BCUT2D eigenvalue weighted by atomic mass is 10.1. The molecular formula is C14H15NO4. The molecule has 0 fully saturated rings. The molecule has 1 aromatic heterocycles. The molecule has 0 bridgehead atoms. The highest BCUT2D eigenvalue weighted by Crippen LogP contribution is 2.20. The van der Waals surface area contributed by atoms with Gasteiger partial charge in [0.05, 0.1) is 7.11 Å². The zero-order valence-electron chi connectivity index (χ0n) is 11.0. The molecule has 0 aliphatic heterocycles. The zero-order chi connectivity index (χ0) is 14.0. The van der Waals surface area contributed by atoms with Crippen molar-refractivity contribution in [1.82, 2.24) is 5.32 Å². The molecule has 0 atom stereocenters. The van der Waals surface area contributed by atoms with Crippen LogP contribution in [0, 0.1) is 0 Å². The summed E-state index contributed by atoms with van der Waals surface area (Å²) in [6.45, 7) is 3.65. The first-order valence-corrected chi connectivity index (χ1v) is 5.94. The fraction of sp³-hybridized carbons (Fsp3) is 0.286. The van der Waals surface area contributed by atoms with E-state index in [-0.39, 0.29) is 11.6 Å². The molecule has 1 N–H and O–H groups in total. The van der Waals surface area contributed by atoms with E-state index in [4.69, 9.17) is 9.15 Å². The lowest BCUT2D eigenvalue weighted by molar-refractivity contribution is 0.0939. The number of fused-ring (bicyclic) bond motifs is 1. The number of carbonyl (C=O) groups is 1. The highest BCUT2D eigenvalue weighted by molar-refractivity contribution is 5.96. The van der Waals surface area contributed by atoms with Crippen molar-refractivity contribution in [1.29, 1.82) is 0 Å². The van der Waals surface area contributed by atoms with E-state index in [0.29, 0.717) is 16.7 Å². The van der Waals surface area contributed by atoms with Crippen LogP contribution in [-0.4, -0.2) is 19.1 Å². The van der Waals surface area contributed by atoms with Crippen molar-refractivity contribution in [2.24, 2.45) is 0 Å². The predicted molar refractivity (Wildman–Crippen MR) is 71.6 cm³/mol. The number of amides is 1. The van der Waals surface area contributed by atoms with Crippen LogP contribution in [0.5, 0.6) is 5.75 Å². The largest absolute Gasteiger partial charge is 0.497 e. The molecule has 5 nitrogen and oxygen atoms in total. The van der Waals surface area contributed by atoms with Crippen molar-refractivity contribution in [2.75, 3.05) is 7.11 Å². The van der Waals surface area contributed by atoms with Gasteiger partial charge < -0.3 is 14.5 Å². The molecule has 0 aliphatic carbocycles. The first-order chi connectivity index (χ1) is 9.01. The molecule has 5 heteroatoms. The van der Waals surface area contributed by atoms with Gasteiger partial charge in [0.2, 0.25) is 0 Å². The molecule has 0 unspecified atom stereocenters. The van der Waals surface area contributed by atoms with Crippen LogP contribution in [0.15, 0.2) is 33.5 Å². The lowest BCUT2D eigenvalue weighted by Gasteiger charge is -2.08. The van der Waals surface area contributed by atoms with E-state index in [9.17, 15) is 9.59 Å². The maximum atomic E-state index is 11.9. The van der Waals surface area contributed by atoms with Crippen molar-refractivity contribution in [3.05, 3.63) is 40.2 Å². The smallest absolute Gasteiger partial charge is 0.349 e. The molecular weight excluding hydrogens is 246 g/mol. The molecule has 2 aromatic rings. The van der Waals surface area contributed by atoms with Crippen LogP contribution in [0.4, 0.5) is 0 Å². The first kappa shape index (κ1) is 13.1. The van der Waals surface area contributed by atoms with E-state index in [1.54, 1.807) is 25.3 Å². The predicted octanol–water partition coefficient (Wildman–Crippen LogP) is 1.94. The summed E-state index contributed by atoms with van der Waals surface area (Å²) in [6.07, 6.45) is 0. The molecule has 0 aliphatic rings. The molecule has 0 spiro atoms. The van der Waals surface area contributed by atoms with Crippen molar-refractivity contribution < 1.29 is 13.9 Å². The quantitative estimate of drug-likeness (QED) is 0.857. The Labute approximate surface area is 110 Å². The van der Waals surface area contributed by atoms with Gasteiger partial charge in [-0.3, -0.25) is 4.79 Å². The summed E-state index contributed by atoms with van der Waals surface area (Å²) >= 11 is 0. The molecule has 1 amide bonds. The van der Waals surface area contributed by atoms with E-state index in [2.05, 4.69) is 5.32 Å². The Bertz CT molecular complexity index is 673. The number of ether oxygens (including phenoxy) is 1. The van der Waals surface area contributed by atoms with Gasteiger partial charge >= 0.3 is 5.63 Å². The number of methoxy groups -OCH3 is 1. The SMILES string of the molecule is COc1ccc2oc(=O)c(C(=O)NC(C)C)cc2c1. The van der Waals surface area contributed by atoms with Crippen molar-refractivity contribution in [3.8, 4) is 5.75 Å². The fourth-order valence-electron chi connectivity index (χ4n) is 1.73. The third-order valence-electron chi connectivity index (χ3n) is 2.60. The highest BCUT2D eigenvalue weighted by Gasteiger charge is 2.14.